The Morgan fingerprint density at radius 1 is 1.00 bits per heavy atom. The molecule has 0 saturated heterocycles. The summed E-state index contributed by atoms with van der Waals surface area (Å²) in [5, 5.41) is 10.3. The third-order valence-corrected chi connectivity index (χ3v) is 4.16. The van der Waals surface area contributed by atoms with E-state index in [1.165, 1.54) is 24.3 Å². The quantitative estimate of drug-likeness (QED) is 0.743. The van der Waals surface area contributed by atoms with Gasteiger partial charge >= 0.3 is 0 Å². The van der Waals surface area contributed by atoms with Gasteiger partial charge in [0.05, 0.1) is 22.5 Å². The Labute approximate surface area is 141 Å². The molecule has 1 amide bonds. The fraction of sp³-hybridized carbons (Fsp3) is 0.0526. The fourth-order valence-corrected chi connectivity index (χ4v) is 3.03. The van der Waals surface area contributed by atoms with Crippen molar-refractivity contribution in [3.8, 4) is 17.1 Å². The van der Waals surface area contributed by atoms with Crippen molar-refractivity contribution in [3.63, 3.8) is 0 Å². The average Bonchev–Trinajstić information content (AvgIpc) is 3.10. The van der Waals surface area contributed by atoms with Crippen molar-refractivity contribution in [2.45, 2.75) is 6.92 Å². The molecule has 0 radical (unpaired) electrons. The highest BCUT2D eigenvalue weighted by molar-refractivity contribution is 6.30. The second-order valence-corrected chi connectivity index (χ2v) is 5.83. The number of aromatic hydroxyl groups is 1. The Balaban J connectivity index is 1.95. The van der Waals surface area contributed by atoms with Gasteiger partial charge in [0.15, 0.2) is 5.88 Å². The number of hydrogen-bond donors (Lipinski definition) is 2. The molecular formula is C19H12F2N2O2. The van der Waals surface area contributed by atoms with E-state index in [0.29, 0.717) is 0 Å². The van der Waals surface area contributed by atoms with Gasteiger partial charge in [-0.2, -0.15) is 0 Å². The summed E-state index contributed by atoms with van der Waals surface area (Å²) in [7, 11) is 0. The molecule has 0 aliphatic carbocycles. The molecule has 1 aliphatic rings. The lowest BCUT2D eigenvalue weighted by Crippen LogP contribution is -2.02. The number of aromatic nitrogens is 1. The van der Waals surface area contributed by atoms with E-state index < -0.39 is 17.5 Å². The van der Waals surface area contributed by atoms with Gasteiger partial charge in [0.2, 0.25) is 0 Å². The maximum atomic E-state index is 14.2. The second-order valence-electron chi connectivity index (χ2n) is 5.83. The number of halogens is 2. The van der Waals surface area contributed by atoms with Crippen molar-refractivity contribution in [1.29, 1.82) is 0 Å². The maximum absolute atomic E-state index is 14.2. The molecule has 0 atom stereocenters. The van der Waals surface area contributed by atoms with Crippen LogP contribution in [-0.4, -0.2) is 21.7 Å². The van der Waals surface area contributed by atoms with Gasteiger partial charge in [-0.1, -0.05) is 23.8 Å². The predicted molar refractivity (Wildman–Crippen MR) is 89.0 cm³/mol. The first-order chi connectivity index (χ1) is 12.0. The lowest BCUT2D eigenvalue weighted by Gasteiger charge is -2.04. The Hall–Kier alpha value is -3.28. The summed E-state index contributed by atoms with van der Waals surface area (Å²) < 4.78 is 28.3. The third kappa shape index (κ3) is 2.26. The minimum atomic E-state index is -0.652. The zero-order valence-corrected chi connectivity index (χ0v) is 13.1. The summed E-state index contributed by atoms with van der Waals surface area (Å²) in [4.78, 5) is 18.9. The number of amides is 1. The highest BCUT2D eigenvalue weighted by Crippen LogP contribution is 2.39. The third-order valence-electron chi connectivity index (χ3n) is 4.16. The van der Waals surface area contributed by atoms with Gasteiger partial charge in [0.1, 0.15) is 11.6 Å². The fourth-order valence-electron chi connectivity index (χ4n) is 3.03. The lowest BCUT2D eigenvalue weighted by atomic mass is 9.99. The number of H-pyrrole nitrogens is 1. The van der Waals surface area contributed by atoms with E-state index in [4.69, 9.17) is 0 Å². The Morgan fingerprint density at radius 2 is 1.72 bits per heavy atom. The first kappa shape index (κ1) is 15.3. The van der Waals surface area contributed by atoms with Crippen LogP contribution in [0.1, 0.15) is 27.0 Å². The van der Waals surface area contributed by atoms with E-state index in [1.54, 1.807) is 25.1 Å². The van der Waals surface area contributed by atoms with Gasteiger partial charge < -0.3 is 10.1 Å². The molecule has 124 valence electrons. The zero-order chi connectivity index (χ0) is 17.7. The summed E-state index contributed by atoms with van der Waals surface area (Å²) >= 11 is 0. The normalized spacial score (nSPS) is 13.1. The summed E-state index contributed by atoms with van der Waals surface area (Å²) in [5.74, 6) is -2.10. The lowest BCUT2D eigenvalue weighted by molar-refractivity contribution is 0.101. The molecule has 1 aliphatic heterocycles. The molecule has 0 saturated carbocycles. The molecule has 0 spiro atoms. The van der Waals surface area contributed by atoms with E-state index in [2.05, 4.69) is 9.98 Å². The van der Waals surface area contributed by atoms with Crippen molar-refractivity contribution in [2.75, 3.05) is 0 Å². The molecule has 2 aromatic carbocycles. The number of aliphatic imine (C=N–C) groups is 1. The second kappa shape index (κ2) is 5.37. The number of nitrogens with one attached hydrogen (secondary N) is 1. The van der Waals surface area contributed by atoms with Crippen LogP contribution in [-0.2, 0) is 0 Å². The summed E-state index contributed by atoms with van der Waals surface area (Å²) in [5.41, 5.74) is 1.33. The van der Waals surface area contributed by atoms with E-state index in [-0.39, 0.29) is 39.5 Å². The van der Waals surface area contributed by atoms with Crippen LogP contribution in [0.15, 0.2) is 47.5 Å². The van der Waals surface area contributed by atoms with Gasteiger partial charge in [-0.15, -0.1) is 0 Å². The minimum absolute atomic E-state index is 0.0335. The van der Waals surface area contributed by atoms with Crippen molar-refractivity contribution in [1.82, 2.24) is 4.98 Å². The van der Waals surface area contributed by atoms with E-state index in [0.717, 1.165) is 5.56 Å². The van der Waals surface area contributed by atoms with Crippen molar-refractivity contribution < 1.29 is 18.7 Å². The summed E-state index contributed by atoms with van der Waals surface area (Å²) in [6.45, 7) is 1.79. The standard InChI is InChI=1S/C19H12F2N2O2/c1-9-6-7-13(21)11(8-9)17-15-14(18(24)23-17)16(22-19(15)25)10-4-2-3-5-12(10)20/h2-8,23-24H,1H3. The number of benzene rings is 2. The molecule has 6 heteroatoms. The number of hydrogen-bond acceptors (Lipinski definition) is 2. The van der Waals surface area contributed by atoms with E-state index >= 15 is 0 Å². The number of fused-ring (bicyclic) bond motifs is 1. The average molecular weight is 338 g/mol. The molecule has 0 fully saturated rings. The molecule has 25 heavy (non-hydrogen) atoms. The molecule has 4 nitrogen and oxygen atoms in total. The summed E-state index contributed by atoms with van der Waals surface area (Å²) in [6, 6.07) is 10.3. The number of aryl methyl sites for hydroxylation is 1. The van der Waals surface area contributed by atoms with Crippen LogP contribution in [0.4, 0.5) is 8.78 Å². The number of nitrogens with zero attached hydrogens (tertiary/aromatic N) is 1. The highest BCUT2D eigenvalue weighted by Gasteiger charge is 2.35. The van der Waals surface area contributed by atoms with Gasteiger partial charge in [-0.25, -0.2) is 13.8 Å². The van der Waals surface area contributed by atoms with Crippen LogP contribution in [0.3, 0.4) is 0 Å². The largest absolute Gasteiger partial charge is 0.494 e. The molecule has 2 N–H and O–H groups in total. The molecular weight excluding hydrogens is 326 g/mol. The van der Waals surface area contributed by atoms with Crippen LogP contribution in [0.2, 0.25) is 0 Å². The first-order valence-corrected chi connectivity index (χ1v) is 7.57. The molecule has 0 unspecified atom stereocenters. The highest BCUT2D eigenvalue weighted by atomic mass is 19.1. The Morgan fingerprint density at radius 3 is 2.48 bits per heavy atom. The van der Waals surface area contributed by atoms with Crippen LogP contribution >= 0.6 is 0 Å². The van der Waals surface area contributed by atoms with Crippen molar-refractivity contribution >= 4 is 11.6 Å². The van der Waals surface area contributed by atoms with Crippen LogP contribution in [0.5, 0.6) is 5.88 Å². The zero-order valence-electron chi connectivity index (χ0n) is 13.1. The number of carbonyl (C=O) groups excluding carboxylic acids is 1. The molecule has 1 aromatic heterocycles. The Bertz CT molecular complexity index is 1070. The van der Waals surface area contributed by atoms with Crippen LogP contribution in [0, 0.1) is 18.6 Å². The van der Waals surface area contributed by atoms with Crippen LogP contribution in [0.25, 0.3) is 11.3 Å². The first-order valence-electron chi connectivity index (χ1n) is 7.57. The minimum Gasteiger partial charge on any atom is -0.494 e. The predicted octanol–water partition coefficient (Wildman–Crippen LogP) is 3.97. The van der Waals surface area contributed by atoms with Crippen molar-refractivity contribution in [2.24, 2.45) is 4.99 Å². The Kier molecular flexibility index (Phi) is 3.28. The van der Waals surface area contributed by atoms with E-state index in [1.807, 2.05) is 0 Å². The van der Waals surface area contributed by atoms with Crippen molar-refractivity contribution in [3.05, 3.63) is 76.4 Å². The van der Waals surface area contributed by atoms with Gasteiger partial charge in [-0.05, 0) is 31.2 Å². The topological polar surface area (TPSA) is 65.4 Å². The SMILES string of the molecule is Cc1ccc(F)c(-c2[nH]c(O)c3c2C(=O)N=C3c2ccccc2F)c1. The molecule has 3 aromatic rings. The number of aromatic amines is 1. The maximum Gasteiger partial charge on any atom is 0.280 e. The molecule has 2 heterocycles. The summed E-state index contributed by atoms with van der Waals surface area (Å²) in [6.07, 6.45) is 0. The van der Waals surface area contributed by atoms with E-state index in [9.17, 15) is 18.7 Å². The van der Waals surface area contributed by atoms with Crippen LogP contribution < -0.4 is 0 Å². The molecule has 0 bridgehead atoms. The number of rotatable bonds is 2. The van der Waals surface area contributed by atoms with Gasteiger partial charge in [0.25, 0.3) is 5.91 Å². The number of carbonyl (C=O) groups is 1. The molecule has 4 rings (SSSR count). The van der Waals surface area contributed by atoms with Gasteiger partial charge in [0, 0.05) is 11.1 Å². The van der Waals surface area contributed by atoms with Gasteiger partial charge in [-0.3, -0.25) is 4.79 Å². The smallest absolute Gasteiger partial charge is 0.280 e. The monoisotopic (exact) mass is 338 g/mol.